The van der Waals surface area contributed by atoms with Crippen LogP contribution < -0.4 is 0 Å². The Bertz CT molecular complexity index is 1040. The Labute approximate surface area is 150 Å². The Hall–Kier alpha value is -2.34. The highest BCUT2D eigenvalue weighted by atomic mass is 14.1. The molecule has 4 rings (SSSR count). The van der Waals surface area contributed by atoms with E-state index in [-0.39, 0.29) is 0 Å². The molecule has 0 spiro atoms. The standard InChI is InChI=1S/C25H26/c1-3-4-5-6-7-19-9-13-23-21(17-19)11-15-24-22-12-8-18(2)16-20(22)10-14-25(23)24/h8-17H,3-7H2,1-2H3. The van der Waals surface area contributed by atoms with Crippen LogP contribution in [0.1, 0.15) is 43.7 Å². The first-order valence-electron chi connectivity index (χ1n) is 9.61. The molecule has 0 saturated heterocycles. The smallest absolute Gasteiger partial charge is 0.00990 e. The van der Waals surface area contributed by atoms with Crippen molar-refractivity contribution in [3.8, 4) is 0 Å². The molecule has 4 aromatic carbocycles. The third-order valence-electron chi connectivity index (χ3n) is 5.37. The molecule has 0 aliphatic carbocycles. The fourth-order valence-electron chi connectivity index (χ4n) is 3.97. The largest absolute Gasteiger partial charge is 0.0654 e. The lowest BCUT2D eigenvalue weighted by Gasteiger charge is -2.10. The van der Waals surface area contributed by atoms with Crippen molar-refractivity contribution in [2.24, 2.45) is 0 Å². The molecule has 0 aromatic heterocycles. The maximum absolute atomic E-state index is 2.39. The second-order valence-electron chi connectivity index (χ2n) is 7.32. The molecule has 0 saturated carbocycles. The minimum atomic E-state index is 1.20. The molecule has 0 atom stereocenters. The van der Waals surface area contributed by atoms with E-state index in [2.05, 4.69) is 74.5 Å². The van der Waals surface area contributed by atoms with Crippen molar-refractivity contribution in [3.05, 3.63) is 71.8 Å². The highest BCUT2D eigenvalue weighted by Gasteiger charge is 2.05. The molecule has 0 aliphatic rings. The topological polar surface area (TPSA) is 0 Å². The van der Waals surface area contributed by atoms with Gasteiger partial charge >= 0.3 is 0 Å². The Morgan fingerprint density at radius 1 is 0.600 bits per heavy atom. The lowest BCUT2D eigenvalue weighted by atomic mass is 9.94. The van der Waals surface area contributed by atoms with Gasteiger partial charge in [0.25, 0.3) is 0 Å². The summed E-state index contributed by atoms with van der Waals surface area (Å²) < 4.78 is 0. The van der Waals surface area contributed by atoms with E-state index in [1.807, 2.05) is 0 Å². The zero-order chi connectivity index (χ0) is 17.2. The summed E-state index contributed by atoms with van der Waals surface area (Å²) in [6.07, 6.45) is 6.50. The maximum atomic E-state index is 2.39. The van der Waals surface area contributed by atoms with Gasteiger partial charge in [0, 0.05) is 0 Å². The summed E-state index contributed by atoms with van der Waals surface area (Å²) in [7, 11) is 0. The van der Waals surface area contributed by atoms with Gasteiger partial charge in [0.05, 0.1) is 0 Å². The van der Waals surface area contributed by atoms with E-state index in [0.717, 1.165) is 0 Å². The van der Waals surface area contributed by atoms with Crippen LogP contribution in [-0.2, 0) is 6.42 Å². The Balaban J connectivity index is 1.77. The monoisotopic (exact) mass is 326 g/mol. The average molecular weight is 326 g/mol. The highest BCUT2D eigenvalue weighted by Crippen LogP contribution is 2.32. The van der Waals surface area contributed by atoms with Crippen LogP contribution in [0.15, 0.2) is 60.7 Å². The van der Waals surface area contributed by atoms with Crippen molar-refractivity contribution in [2.45, 2.75) is 46.0 Å². The Morgan fingerprint density at radius 2 is 1.24 bits per heavy atom. The third kappa shape index (κ3) is 3.14. The molecule has 0 fully saturated rings. The van der Waals surface area contributed by atoms with Gasteiger partial charge in [-0.25, -0.2) is 0 Å². The van der Waals surface area contributed by atoms with Crippen LogP contribution in [0.2, 0.25) is 0 Å². The molecule has 126 valence electrons. The highest BCUT2D eigenvalue weighted by molar-refractivity contribution is 6.17. The number of rotatable bonds is 5. The molecular formula is C25H26. The molecular weight excluding hydrogens is 300 g/mol. The number of unbranched alkanes of at least 4 members (excludes halogenated alkanes) is 3. The predicted octanol–water partition coefficient (Wildman–Crippen LogP) is 7.58. The van der Waals surface area contributed by atoms with Crippen molar-refractivity contribution in [1.82, 2.24) is 0 Å². The zero-order valence-corrected chi connectivity index (χ0v) is 15.3. The fourth-order valence-corrected chi connectivity index (χ4v) is 3.97. The van der Waals surface area contributed by atoms with Crippen molar-refractivity contribution >= 4 is 32.3 Å². The van der Waals surface area contributed by atoms with Gasteiger partial charge in [-0.1, -0.05) is 92.4 Å². The van der Waals surface area contributed by atoms with E-state index in [1.54, 1.807) is 0 Å². The van der Waals surface area contributed by atoms with E-state index >= 15 is 0 Å². The lowest BCUT2D eigenvalue weighted by Crippen LogP contribution is -1.87. The van der Waals surface area contributed by atoms with Crippen molar-refractivity contribution in [2.75, 3.05) is 0 Å². The predicted molar refractivity (Wildman–Crippen MR) is 112 cm³/mol. The number of benzene rings is 4. The van der Waals surface area contributed by atoms with Gasteiger partial charge in [0.1, 0.15) is 0 Å². The SMILES string of the molecule is CCCCCCc1ccc2c(ccc3c4ccc(C)cc4ccc23)c1. The van der Waals surface area contributed by atoms with Gasteiger partial charge < -0.3 is 0 Å². The second kappa shape index (κ2) is 6.88. The van der Waals surface area contributed by atoms with Gasteiger partial charge in [-0.2, -0.15) is 0 Å². The molecule has 0 aliphatic heterocycles. The van der Waals surface area contributed by atoms with Crippen LogP contribution in [0.5, 0.6) is 0 Å². The summed E-state index contributed by atoms with van der Waals surface area (Å²) >= 11 is 0. The molecule has 0 amide bonds. The van der Waals surface area contributed by atoms with Crippen LogP contribution in [0.4, 0.5) is 0 Å². The van der Waals surface area contributed by atoms with E-state index in [4.69, 9.17) is 0 Å². The third-order valence-corrected chi connectivity index (χ3v) is 5.37. The zero-order valence-electron chi connectivity index (χ0n) is 15.3. The maximum Gasteiger partial charge on any atom is -0.00990 e. The van der Waals surface area contributed by atoms with Crippen LogP contribution in [0, 0.1) is 6.92 Å². The Morgan fingerprint density at radius 3 is 1.96 bits per heavy atom. The van der Waals surface area contributed by atoms with Crippen LogP contribution in [0.25, 0.3) is 32.3 Å². The average Bonchev–Trinajstić information content (AvgIpc) is 2.64. The first-order chi connectivity index (χ1) is 12.3. The van der Waals surface area contributed by atoms with Crippen molar-refractivity contribution in [1.29, 1.82) is 0 Å². The van der Waals surface area contributed by atoms with Gasteiger partial charge in [0.2, 0.25) is 0 Å². The summed E-state index contributed by atoms with van der Waals surface area (Å²) in [6, 6.07) is 23.0. The molecule has 0 heteroatoms. The number of hydrogen-bond acceptors (Lipinski definition) is 0. The van der Waals surface area contributed by atoms with E-state index in [0.29, 0.717) is 0 Å². The van der Waals surface area contributed by atoms with Crippen LogP contribution in [0.3, 0.4) is 0 Å². The first kappa shape index (κ1) is 16.1. The second-order valence-corrected chi connectivity index (χ2v) is 7.32. The van der Waals surface area contributed by atoms with Crippen molar-refractivity contribution < 1.29 is 0 Å². The quantitative estimate of drug-likeness (QED) is 0.262. The fraction of sp³-hybridized carbons (Fsp3) is 0.280. The van der Waals surface area contributed by atoms with E-state index < -0.39 is 0 Å². The summed E-state index contributed by atoms with van der Waals surface area (Å²) in [4.78, 5) is 0. The van der Waals surface area contributed by atoms with Gasteiger partial charge in [-0.15, -0.1) is 0 Å². The van der Waals surface area contributed by atoms with Gasteiger partial charge in [-0.05, 0) is 57.6 Å². The summed E-state index contributed by atoms with van der Waals surface area (Å²) in [6.45, 7) is 4.43. The molecule has 0 bridgehead atoms. The molecule has 0 nitrogen and oxygen atoms in total. The normalized spacial score (nSPS) is 11.6. The van der Waals surface area contributed by atoms with Crippen LogP contribution >= 0.6 is 0 Å². The van der Waals surface area contributed by atoms with Gasteiger partial charge in [-0.3, -0.25) is 0 Å². The molecule has 0 N–H and O–H groups in total. The lowest BCUT2D eigenvalue weighted by molar-refractivity contribution is 0.667. The van der Waals surface area contributed by atoms with E-state index in [1.165, 1.54) is 75.5 Å². The van der Waals surface area contributed by atoms with Crippen LogP contribution in [-0.4, -0.2) is 0 Å². The number of fused-ring (bicyclic) bond motifs is 5. The molecule has 0 radical (unpaired) electrons. The van der Waals surface area contributed by atoms with Crippen molar-refractivity contribution in [3.63, 3.8) is 0 Å². The molecule has 0 heterocycles. The Kier molecular flexibility index (Phi) is 4.44. The molecule has 0 unspecified atom stereocenters. The molecule has 4 aromatic rings. The minimum Gasteiger partial charge on any atom is -0.0654 e. The van der Waals surface area contributed by atoms with E-state index in [9.17, 15) is 0 Å². The minimum absolute atomic E-state index is 1.20. The summed E-state index contributed by atoms with van der Waals surface area (Å²) in [5.41, 5.74) is 2.79. The number of hydrogen-bond donors (Lipinski definition) is 0. The summed E-state index contributed by atoms with van der Waals surface area (Å²) in [5.74, 6) is 0. The molecule has 25 heavy (non-hydrogen) atoms. The van der Waals surface area contributed by atoms with Gasteiger partial charge in [0.15, 0.2) is 0 Å². The number of aryl methyl sites for hydroxylation is 2. The first-order valence-corrected chi connectivity index (χ1v) is 9.61. The summed E-state index contributed by atoms with van der Waals surface area (Å²) in [5, 5.41) is 8.16.